The van der Waals surface area contributed by atoms with Gasteiger partial charge in [-0.3, -0.25) is 13.2 Å². The molecule has 12 heteroatoms. The van der Waals surface area contributed by atoms with Crippen LogP contribution in [0.5, 0.6) is 0 Å². The molecule has 0 aromatic heterocycles. The van der Waals surface area contributed by atoms with Gasteiger partial charge in [-0.1, -0.05) is 29.4 Å². The molecule has 0 rings (SSSR count). The Labute approximate surface area is 134 Å². The second-order valence-electron chi connectivity index (χ2n) is 4.77. The summed E-state index contributed by atoms with van der Waals surface area (Å²) in [5.41, 5.74) is 1.97. The molecule has 0 aromatic rings. The molecule has 0 amide bonds. The van der Waals surface area contributed by atoms with Crippen LogP contribution in [0, 0.1) is 0 Å². The Morgan fingerprint density at radius 1 is 1.00 bits per heavy atom. The second-order valence-corrected chi connectivity index (χ2v) is 9.25. The Morgan fingerprint density at radius 3 is 2.04 bits per heavy atom. The summed E-state index contributed by atoms with van der Waals surface area (Å²) in [5, 5.41) is 0. The first-order chi connectivity index (χ1) is 10.2. The highest BCUT2D eigenvalue weighted by Gasteiger charge is 2.18. The smallest absolute Gasteiger partial charge is 0.276 e. The second kappa shape index (κ2) is 9.23. The average molecular weight is 386 g/mol. The van der Waals surface area contributed by atoms with E-state index in [1.807, 2.05) is 19.9 Å². The maximum Gasteiger partial charge on any atom is 0.276 e. The van der Waals surface area contributed by atoms with Crippen molar-refractivity contribution in [1.29, 1.82) is 0 Å². The van der Waals surface area contributed by atoms with Crippen LogP contribution >= 0.6 is 23.2 Å². The lowest BCUT2D eigenvalue weighted by atomic mass is 10.1. The van der Waals surface area contributed by atoms with Gasteiger partial charge in [-0.25, -0.2) is 0 Å². The minimum absolute atomic E-state index is 0.422. The van der Waals surface area contributed by atoms with Crippen LogP contribution in [0.4, 0.5) is 0 Å². The van der Waals surface area contributed by atoms with Gasteiger partial charge in [-0.05, 0) is 39.4 Å². The fraction of sp³-hybridized carbons (Fsp3) is 0.455. The molecule has 2 unspecified atom stereocenters. The summed E-state index contributed by atoms with van der Waals surface area (Å²) in [7, 11) is -16.8. The molecule has 0 aromatic carbocycles. The fourth-order valence-corrected chi connectivity index (χ4v) is 4.29. The average Bonchev–Trinajstić information content (AvgIpc) is 2.22. The van der Waals surface area contributed by atoms with Gasteiger partial charge in [0, 0.05) is 0 Å². The molecule has 0 heterocycles. The highest BCUT2D eigenvalue weighted by molar-refractivity contribution is 7.67. The van der Waals surface area contributed by atoms with Gasteiger partial charge in [0.25, 0.3) is 7.82 Å². The van der Waals surface area contributed by atoms with Gasteiger partial charge in [0.1, 0.15) is 0 Å². The number of hydrogen-bond acceptors (Lipinski definition) is 9. The molecule has 0 aliphatic heterocycles. The Balaban J connectivity index is 4.73. The summed E-state index contributed by atoms with van der Waals surface area (Å²) in [6.07, 6.45) is 5.88. The molecule has 0 aliphatic carbocycles. The van der Waals surface area contributed by atoms with Gasteiger partial charge < -0.3 is 28.7 Å². The van der Waals surface area contributed by atoms with Crippen molar-refractivity contribution in [2.24, 2.45) is 0 Å². The predicted octanol–water partition coefficient (Wildman–Crippen LogP) is 1.08. The van der Waals surface area contributed by atoms with Crippen molar-refractivity contribution in [3.8, 4) is 0 Å². The fourth-order valence-electron chi connectivity index (χ4n) is 1.29. The SMILES string of the molecule is CC(C)=CCC/C(C)=C/C=C/P(=O)([O-])OP(=O)([O-])OP(=O)([O-])[O-]. The van der Waals surface area contributed by atoms with Crippen molar-refractivity contribution in [3.63, 3.8) is 0 Å². The molecule has 9 nitrogen and oxygen atoms in total. The standard InChI is InChI=1S/C11H21O9P3/c1-10(2)6-4-7-11(3)8-5-9-21(12,13)19-23(17,18)20-22(14,15)16/h5-6,8-9H,4,7H2,1-3H3,(H,12,13)(H,17,18)(H2,14,15,16)/p-4/b9-5+,11-8+. The summed E-state index contributed by atoms with van der Waals surface area (Å²) in [6.45, 7) is 5.62. The van der Waals surface area contributed by atoms with Crippen LogP contribution < -0.4 is 19.6 Å². The van der Waals surface area contributed by atoms with Crippen molar-refractivity contribution in [3.05, 3.63) is 35.2 Å². The quantitative estimate of drug-likeness (QED) is 0.320. The normalized spacial score (nSPS) is 18.5. The Kier molecular flexibility index (Phi) is 9.10. The maximum absolute atomic E-state index is 11.4. The van der Waals surface area contributed by atoms with Crippen LogP contribution in [-0.2, 0) is 22.3 Å². The molecule has 23 heavy (non-hydrogen) atoms. The molecule has 0 fully saturated rings. The molecule has 0 spiro atoms. The minimum atomic E-state index is -5.94. The maximum atomic E-state index is 11.4. The summed E-state index contributed by atoms with van der Waals surface area (Å²) in [6, 6.07) is 0. The summed E-state index contributed by atoms with van der Waals surface area (Å²) in [5.74, 6) is 0.422. The lowest BCUT2D eigenvalue weighted by Crippen LogP contribution is -2.19. The van der Waals surface area contributed by atoms with Crippen LogP contribution in [-0.4, -0.2) is 0 Å². The Morgan fingerprint density at radius 2 is 1.57 bits per heavy atom. The number of phosphoric acid groups is 2. The van der Waals surface area contributed by atoms with E-state index in [9.17, 15) is 33.3 Å². The molecule has 0 saturated heterocycles. The van der Waals surface area contributed by atoms with E-state index in [1.165, 1.54) is 6.08 Å². The third-order valence-electron chi connectivity index (χ3n) is 2.15. The molecule has 0 radical (unpaired) electrons. The molecular weight excluding hydrogens is 369 g/mol. The lowest BCUT2D eigenvalue weighted by molar-refractivity contribution is -0.339. The van der Waals surface area contributed by atoms with Crippen LogP contribution in [0.2, 0.25) is 0 Å². The van der Waals surface area contributed by atoms with Crippen LogP contribution in [0.15, 0.2) is 35.2 Å². The van der Waals surface area contributed by atoms with E-state index in [-0.39, 0.29) is 0 Å². The molecule has 134 valence electrons. The largest absolute Gasteiger partial charge is 0.790 e. The predicted molar refractivity (Wildman–Crippen MR) is 76.6 cm³/mol. The first-order valence-electron chi connectivity index (χ1n) is 6.27. The van der Waals surface area contributed by atoms with E-state index >= 15 is 0 Å². The van der Waals surface area contributed by atoms with E-state index in [2.05, 4.69) is 8.62 Å². The van der Waals surface area contributed by atoms with Gasteiger partial charge in [-0.2, -0.15) is 0 Å². The number of hydrogen-bond donors (Lipinski definition) is 0. The highest BCUT2D eigenvalue weighted by Crippen LogP contribution is 2.60. The van der Waals surface area contributed by atoms with E-state index in [1.54, 1.807) is 6.92 Å². The van der Waals surface area contributed by atoms with Crippen molar-refractivity contribution in [2.45, 2.75) is 33.6 Å². The Bertz CT molecular complexity index is 625. The first kappa shape index (κ1) is 22.7. The summed E-state index contributed by atoms with van der Waals surface area (Å²) in [4.78, 5) is 42.6. The Hall–Kier alpha value is -0.330. The van der Waals surface area contributed by atoms with Gasteiger partial charge in [0.2, 0.25) is 0 Å². The van der Waals surface area contributed by atoms with Crippen LogP contribution in [0.1, 0.15) is 33.6 Å². The zero-order valence-corrected chi connectivity index (χ0v) is 15.4. The van der Waals surface area contributed by atoms with Crippen LogP contribution in [0.25, 0.3) is 0 Å². The van der Waals surface area contributed by atoms with Crippen molar-refractivity contribution >= 4 is 23.2 Å². The topological polar surface area (TPSA) is 162 Å². The van der Waals surface area contributed by atoms with Crippen molar-refractivity contribution in [1.82, 2.24) is 0 Å². The molecule has 0 N–H and O–H groups in total. The van der Waals surface area contributed by atoms with E-state index < -0.39 is 23.2 Å². The van der Waals surface area contributed by atoms with E-state index in [4.69, 9.17) is 0 Å². The number of rotatable bonds is 9. The van der Waals surface area contributed by atoms with E-state index in [0.29, 0.717) is 12.2 Å². The van der Waals surface area contributed by atoms with Crippen molar-refractivity contribution in [2.75, 3.05) is 0 Å². The lowest BCUT2D eigenvalue weighted by Gasteiger charge is -2.37. The summed E-state index contributed by atoms with van der Waals surface area (Å²) < 4.78 is 39.1. The van der Waals surface area contributed by atoms with Gasteiger partial charge in [0.15, 0.2) is 7.60 Å². The third-order valence-corrected chi connectivity index (χ3v) is 6.00. The zero-order chi connectivity index (χ0) is 18.3. The molecule has 2 atom stereocenters. The number of allylic oxidation sites excluding steroid dienone is 5. The third kappa shape index (κ3) is 13.8. The molecule has 0 bridgehead atoms. The van der Waals surface area contributed by atoms with Crippen molar-refractivity contribution < 1.29 is 41.9 Å². The first-order valence-corrected chi connectivity index (χ1v) is 10.8. The minimum Gasteiger partial charge on any atom is -0.790 e. The highest BCUT2D eigenvalue weighted by atomic mass is 31.3. The zero-order valence-electron chi connectivity index (χ0n) is 12.7. The summed E-state index contributed by atoms with van der Waals surface area (Å²) >= 11 is 0. The van der Waals surface area contributed by atoms with E-state index in [0.717, 1.165) is 23.6 Å². The van der Waals surface area contributed by atoms with Crippen LogP contribution in [0.3, 0.4) is 0 Å². The molecule has 0 saturated carbocycles. The van der Waals surface area contributed by atoms with Gasteiger partial charge in [0.05, 0.1) is 7.82 Å². The van der Waals surface area contributed by atoms with Gasteiger partial charge in [-0.15, -0.1) is 0 Å². The molecular formula is C11H17O9P3-4. The monoisotopic (exact) mass is 386 g/mol. The van der Waals surface area contributed by atoms with Gasteiger partial charge >= 0.3 is 0 Å². The molecule has 0 aliphatic rings.